The number of hydrogen-bond acceptors (Lipinski definition) is 10. The maximum Gasteiger partial charge on any atom is 0.397 e. The average Bonchev–Trinajstić information content (AvgIpc) is 3.44. The zero-order valence-corrected chi connectivity index (χ0v) is 52.0. The van der Waals surface area contributed by atoms with Gasteiger partial charge >= 0.3 is 10.4 Å². The van der Waals surface area contributed by atoms with Crippen LogP contribution in [0.4, 0.5) is 0 Å². The Morgan fingerprint density at radius 1 is 0.506 bits per heavy atom. The summed E-state index contributed by atoms with van der Waals surface area (Å²) < 4.78 is 48.1. The van der Waals surface area contributed by atoms with Crippen LogP contribution in [0.3, 0.4) is 0 Å². The van der Waals surface area contributed by atoms with E-state index in [0.29, 0.717) is 19.3 Å². The molecule has 0 radical (unpaired) electrons. The van der Waals surface area contributed by atoms with E-state index >= 15 is 0 Å². The second-order valence-electron chi connectivity index (χ2n) is 23.8. The van der Waals surface area contributed by atoms with Crippen molar-refractivity contribution in [3.05, 3.63) is 24.3 Å². The highest BCUT2D eigenvalue weighted by Gasteiger charge is 2.48. The molecule has 0 spiro atoms. The Labute approximate surface area is 486 Å². The van der Waals surface area contributed by atoms with E-state index in [9.17, 15) is 38.2 Å². The molecule has 1 aliphatic heterocycles. The molecule has 0 aromatic heterocycles. The molecule has 468 valence electrons. The van der Waals surface area contributed by atoms with Gasteiger partial charge in [-0.3, -0.25) is 9.35 Å². The van der Waals surface area contributed by atoms with E-state index in [-0.39, 0.29) is 12.5 Å². The first-order chi connectivity index (χ1) is 38.5. The molecule has 1 amide bonds. The lowest BCUT2D eigenvalue weighted by Gasteiger charge is -2.41. The normalized spacial score (nSPS) is 18.8. The topological polar surface area (TPSA) is 192 Å². The monoisotopic (exact) mass is 1140 g/mol. The van der Waals surface area contributed by atoms with Crippen LogP contribution in [0.5, 0.6) is 0 Å². The van der Waals surface area contributed by atoms with Gasteiger partial charge in [-0.1, -0.05) is 308 Å². The second kappa shape index (κ2) is 55.8. The second-order valence-corrected chi connectivity index (χ2v) is 24.8. The summed E-state index contributed by atoms with van der Waals surface area (Å²) in [5, 5.41) is 45.3. The molecule has 1 rings (SSSR count). The number of ether oxygens (including phenoxy) is 2. The molecule has 1 heterocycles. The van der Waals surface area contributed by atoms with E-state index in [4.69, 9.17) is 9.47 Å². The van der Waals surface area contributed by atoms with Crippen LogP contribution in [0.15, 0.2) is 24.3 Å². The van der Waals surface area contributed by atoms with Crippen LogP contribution in [0, 0.1) is 0 Å². The van der Waals surface area contributed by atoms with Crippen LogP contribution in [0.1, 0.15) is 335 Å². The summed E-state index contributed by atoms with van der Waals surface area (Å²) in [6.07, 6.45) is 62.0. The van der Waals surface area contributed by atoms with Crippen molar-refractivity contribution in [2.45, 2.75) is 378 Å². The van der Waals surface area contributed by atoms with Crippen molar-refractivity contribution in [3.63, 3.8) is 0 Å². The summed E-state index contributed by atoms with van der Waals surface area (Å²) in [5.74, 6) is -0.226. The highest BCUT2D eigenvalue weighted by Crippen LogP contribution is 2.26. The van der Waals surface area contributed by atoms with Gasteiger partial charge in [-0.05, 0) is 44.9 Å². The number of allylic oxidation sites excluding steroid dienone is 4. The summed E-state index contributed by atoms with van der Waals surface area (Å²) in [6, 6.07) is -0.860. The first-order valence-corrected chi connectivity index (χ1v) is 35.1. The molecule has 13 heteroatoms. The third-order valence-corrected chi connectivity index (χ3v) is 16.7. The number of carbonyl (C=O) groups excluding carboxylic acids is 1. The smallest absolute Gasteiger partial charge is 0.394 e. The summed E-state index contributed by atoms with van der Waals surface area (Å²) >= 11 is 0. The van der Waals surface area contributed by atoms with Gasteiger partial charge in [-0.15, -0.1) is 0 Å². The van der Waals surface area contributed by atoms with Crippen LogP contribution in [-0.2, 0) is 28.9 Å². The number of nitrogens with one attached hydrogen (secondary N) is 1. The quantitative estimate of drug-likeness (QED) is 0.0193. The lowest BCUT2D eigenvalue weighted by atomic mass is 9.99. The van der Waals surface area contributed by atoms with Crippen molar-refractivity contribution in [2.75, 3.05) is 13.2 Å². The molecule has 0 saturated carbocycles. The minimum absolute atomic E-state index is 0.226. The number of hydrogen-bond donors (Lipinski definition) is 6. The molecule has 12 nitrogen and oxygen atoms in total. The third-order valence-electron chi connectivity index (χ3n) is 16.3. The van der Waals surface area contributed by atoms with Gasteiger partial charge < -0.3 is 35.2 Å². The number of aliphatic hydroxyl groups excluding tert-OH is 4. The van der Waals surface area contributed by atoms with Gasteiger partial charge in [0.25, 0.3) is 0 Å². The van der Waals surface area contributed by atoms with Gasteiger partial charge in [0, 0.05) is 6.42 Å². The maximum absolute atomic E-state index is 13.2. The molecular weight excluding hydrogens is 1010 g/mol. The molecule has 7 unspecified atom stereocenters. The molecule has 7 atom stereocenters. The van der Waals surface area contributed by atoms with Gasteiger partial charge in [-0.25, -0.2) is 4.18 Å². The van der Waals surface area contributed by atoms with Crippen LogP contribution in [0.2, 0.25) is 0 Å². The first-order valence-electron chi connectivity index (χ1n) is 33.7. The van der Waals surface area contributed by atoms with Gasteiger partial charge in [0.2, 0.25) is 5.91 Å². The summed E-state index contributed by atoms with van der Waals surface area (Å²) in [7, 11) is -5.09. The van der Waals surface area contributed by atoms with Crippen LogP contribution < -0.4 is 5.32 Å². The zero-order valence-electron chi connectivity index (χ0n) is 51.2. The molecule has 0 aromatic rings. The van der Waals surface area contributed by atoms with Crippen molar-refractivity contribution >= 4 is 16.3 Å². The molecule has 0 bridgehead atoms. The van der Waals surface area contributed by atoms with Gasteiger partial charge in [0.05, 0.1) is 25.4 Å². The molecule has 79 heavy (non-hydrogen) atoms. The summed E-state index contributed by atoms with van der Waals surface area (Å²) in [5.41, 5.74) is 0. The Bertz CT molecular complexity index is 1480. The molecule has 0 aliphatic carbocycles. The van der Waals surface area contributed by atoms with Crippen molar-refractivity contribution in [1.29, 1.82) is 0 Å². The van der Waals surface area contributed by atoms with E-state index in [1.165, 1.54) is 250 Å². The van der Waals surface area contributed by atoms with Crippen molar-refractivity contribution < 1.29 is 51.8 Å². The van der Waals surface area contributed by atoms with Crippen molar-refractivity contribution in [2.24, 2.45) is 0 Å². The predicted molar refractivity (Wildman–Crippen MR) is 329 cm³/mol. The number of carbonyl (C=O) groups is 1. The Kier molecular flexibility index (Phi) is 53.3. The first kappa shape index (κ1) is 75.6. The van der Waals surface area contributed by atoms with Crippen LogP contribution >= 0.6 is 0 Å². The molecular formula is C66H127NO11S. The van der Waals surface area contributed by atoms with Gasteiger partial charge in [0.15, 0.2) is 6.29 Å². The Morgan fingerprint density at radius 3 is 1.20 bits per heavy atom. The van der Waals surface area contributed by atoms with E-state index in [1.807, 2.05) is 0 Å². The third kappa shape index (κ3) is 47.6. The average molecular weight is 1140 g/mol. The molecule has 1 fully saturated rings. The maximum atomic E-state index is 13.2. The molecule has 0 aromatic carbocycles. The molecule has 1 saturated heterocycles. The number of rotatable bonds is 60. The molecule has 1 aliphatic rings. The van der Waals surface area contributed by atoms with E-state index in [2.05, 4.69) is 47.7 Å². The SMILES string of the molecule is CCCCCCCCCCC/C=C\C/C=C\CCCCCCCCCCCCCC(=O)NC(COC1OC(CO)C(O)C(OS(=O)(=O)O)C1O)C(O)CCCCCCCCCCCCCCCCCCCCCCCCCCC. The summed E-state index contributed by atoms with van der Waals surface area (Å²) in [4.78, 5) is 13.2. The zero-order chi connectivity index (χ0) is 57.5. The van der Waals surface area contributed by atoms with Crippen molar-refractivity contribution in [1.82, 2.24) is 5.32 Å². The fourth-order valence-corrected chi connectivity index (χ4v) is 11.6. The number of unbranched alkanes of at least 4 members (excludes halogenated alkanes) is 44. The van der Waals surface area contributed by atoms with Crippen LogP contribution in [0.25, 0.3) is 0 Å². The van der Waals surface area contributed by atoms with Gasteiger partial charge in [0.1, 0.15) is 24.4 Å². The largest absolute Gasteiger partial charge is 0.397 e. The Balaban J connectivity index is 2.27. The minimum atomic E-state index is -5.09. The standard InChI is InChI=1S/C66H127NO11S/c1-3-5-7-9-11-13-15-17-19-21-23-25-27-29-30-32-34-36-38-40-42-44-46-48-50-52-54-56-62(70)67-59(58-76-66-64(72)65(78-79(73,74)75)63(71)61(57-68)77-66)60(69)55-53-51-49-47-45-43-41-39-37-35-33-31-28-26-24-22-20-18-16-14-12-10-8-6-4-2/h23,25,29-30,59-61,63-66,68-69,71-72H,3-22,24,26-28,31-58H2,1-2H3,(H,67,70)(H,73,74,75)/b25-23-,30-29-. The summed E-state index contributed by atoms with van der Waals surface area (Å²) in [6.45, 7) is 3.51. The van der Waals surface area contributed by atoms with Crippen molar-refractivity contribution in [3.8, 4) is 0 Å². The van der Waals surface area contributed by atoms with Gasteiger partial charge in [-0.2, -0.15) is 8.42 Å². The van der Waals surface area contributed by atoms with E-state index in [0.717, 1.165) is 51.4 Å². The highest BCUT2D eigenvalue weighted by atomic mass is 32.3. The van der Waals surface area contributed by atoms with E-state index < -0.39 is 59.9 Å². The Hall–Kier alpha value is -1.42. The Morgan fingerprint density at radius 2 is 0.848 bits per heavy atom. The number of amides is 1. The fraction of sp³-hybridized carbons (Fsp3) is 0.924. The number of aliphatic hydroxyl groups is 4. The highest BCUT2D eigenvalue weighted by molar-refractivity contribution is 7.80. The van der Waals surface area contributed by atoms with Crippen LogP contribution in [-0.4, -0.2) is 95.4 Å². The van der Waals surface area contributed by atoms with E-state index in [1.54, 1.807) is 0 Å². The minimum Gasteiger partial charge on any atom is -0.394 e. The molecule has 6 N–H and O–H groups in total. The predicted octanol–water partition coefficient (Wildman–Crippen LogP) is 17.1. The lowest BCUT2D eigenvalue weighted by Crippen LogP contribution is -2.61. The lowest BCUT2D eigenvalue weighted by molar-refractivity contribution is -0.298. The fourth-order valence-electron chi connectivity index (χ4n) is 11.1.